The van der Waals surface area contributed by atoms with Gasteiger partial charge in [-0.3, -0.25) is 4.79 Å². The predicted molar refractivity (Wildman–Crippen MR) is 62.6 cm³/mol. The zero-order valence-electron chi connectivity index (χ0n) is 9.32. The molecule has 16 heavy (non-hydrogen) atoms. The number of carbonyl (C=O) groups excluding carboxylic acids is 1. The number of rotatable bonds is 2. The highest BCUT2D eigenvalue weighted by Gasteiger charge is 2.30. The van der Waals surface area contributed by atoms with E-state index in [1.807, 2.05) is 18.2 Å². The van der Waals surface area contributed by atoms with E-state index >= 15 is 0 Å². The number of fused-ring (bicyclic) bond motifs is 1. The number of hydrogen-bond acceptors (Lipinski definition) is 2. The maximum absolute atomic E-state index is 11.4. The van der Waals surface area contributed by atoms with E-state index in [0.717, 1.165) is 16.9 Å². The lowest BCUT2D eigenvalue weighted by Crippen LogP contribution is -2.07. The Hall–Kier alpha value is -1.57. The molecule has 0 amide bonds. The fourth-order valence-corrected chi connectivity index (χ4v) is 2.21. The van der Waals surface area contributed by atoms with Crippen molar-refractivity contribution in [2.45, 2.75) is 19.8 Å². The molecule has 1 heterocycles. The van der Waals surface area contributed by atoms with Gasteiger partial charge in [0.2, 0.25) is 0 Å². The number of benzene rings is 1. The smallest absolute Gasteiger partial charge is 0.159 e. The van der Waals surface area contributed by atoms with Crippen LogP contribution in [0.3, 0.4) is 0 Å². The van der Waals surface area contributed by atoms with Crippen LogP contribution in [0.5, 0.6) is 5.75 Å². The van der Waals surface area contributed by atoms with Crippen molar-refractivity contribution in [3.8, 4) is 5.75 Å². The third-order valence-electron chi connectivity index (χ3n) is 3.26. The normalized spacial score (nSPS) is 18.4. The molecule has 0 bridgehead atoms. The fourth-order valence-electron chi connectivity index (χ4n) is 2.21. The van der Waals surface area contributed by atoms with Crippen molar-refractivity contribution in [1.82, 2.24) is 0 Å². The molecule has 1 aromatic carbocycles. The first kappa shape index (κ1) is 9.64. The maximum atomic E-state index is 11.4. The van der Waals surface area contributed by atoms with Crippen molar-refractivity contribution >= 4 is 11.4 Å². The zero-order valence-corrected chi connectivity index (χ0v) is 9.32. The Balaban J connectivity index is 2.08. The molecule has 1 aromatic rings. The summed E-state index contributed by atoms with van der Waals surface area (Å²) in [5, 5.41) is 0. The Kier molecular flexibility index (Phi) is 2.10. The first-order valence-electron chi connectivity index (χ1n) is 5.74. The van der Waals surface area contributed by atoms with Gasteiger partial charge in [0.15, 0.2) is 5.78 Å². The van der Waals surface area contributed by atoms with Crippen molar-refractivity contribution in [3.63, 3.8) is 0 Å². The van der Waals surface area contributed by atoms with Crippen molar-refractivity contribution < 1.29 is 9.53 Å². The predicted octanol–water partition coefficient (Wildman–Crippen LogP) is 3.08. The average Bonchev–Trinajstić information content (AvgIpc) is 3.11. The third kappa shape index (κ3) is 1.54. The lowest BCUT2D eigenvalue weighted by atomic mass is 9.96. The second-order valence-corrected chi connectivity index (χ2v) is 4.51. The Bertz CT molecular complexity index is 482. The standard InChI is InChI=1S/C14H14O2/c1-9(15)11-4-5-14-13(8-11)12(6-7-16-14)10-2-3-10/h4-6,8,10H,2-3,7H2,1H3. The van der Waals surface area contributed by atoms with Gasteiger partial charge in [-0.1, -0.05) is 0 Å². The van der Waals surface area contributed by atoms with E-state index < -0.39 is 0 Å². The highest BCUT2D eigenvalue weighted by atomic mass is 16.5. The number of ether oxygens (including phenoxy) is 1. The van der Waals surface area contributed by atoms with Gasteiger partial charge in [-0.15, -0.1) is 0 Å². The molecule has 1 aliphatic carbocycles. The number of Topliss-reactive ketones (excluding diaryl/α,β-unsaturated/α-hetero) is 1. The highest BCUT2D eigenvalue weighted by molar-refractivity contribution is 5.95. The second-order valence-electron chi connectivity index (χ2n) is 4.51. The topological polar surface area (TPSA) is 26.3 Å². The van der Waals surface area contributed by atoms with Crippen LogP contribution in [0.2, 0.25) is 0 Å². The van der Waals surface area contributed by atoms with Gasteiger partial charge in [0, 0.05) is 11.1 Å². The Morgan fingerprint density at radius 3 is 2.88 bits per heavy atom. The molecule has 0 N–H and O–H groups in total. The number of allylic oxidation sites excluding steroid dienone is 1. The van der Waals surface area contributed by atoms with Gasteiger partial charge in [0.25, 0.3) is 0 Å². The first-order valence-corrected chi connectivity index (χ1v) is 5.74. The third-order valence-corrected chi connectivity index (χ3v) is 3.26. The molecule has 0 spiro atoms. The summed E-state index contributed by atoms with van der Waals surface area (Å²) in [4.78, 5) is 11.4. The summed E-state index contributed by atoms with van der Waals surface area (Å²) in [5.41, 5.74) is 3.28. The molecular formula is C14H14O2. The van der Waals surface area contributed by atoms with Gasteiger partial charge >= 0.3 is 0 Å². The molecule has 2 nitrogen and oxygen atoms in total. The highest BCUT2D eigenvalue weighted by Crippen LogP contribution is 2.46. The molecule has 0 unspecified atom stereocenters. The molecular weight excluding hydrogens is 200 g/mol. The van der Waals surface area contributed by atoms with Gasteiger partial charge in [-0.05, 0) is 55.5 Å². The minimum absolute atomic E-state index is 0.114. The molecule has 0 saturated heterocycles. The Morgan fingerprint density at radius 2 is 2.19 bits per heavy atom. The van der Waals surface area contributed by atoms with E-state index in [1.165, 1.54) is 18.4 Å². The summed E-state index contributed by atoms with van der Waals surface area (Å²) in [5.74, 6) is 1.74. The SMILES string of the molecule is CC(=O)c1ccc2c(c1)C(C1CC1)=CCO2. The Morgan fingerprint density at radius 1 is 1.38 bits per heavy atom. The van der Waals surface area contributed by atoms with Crippen LogP contribution < -0.4 is 4.74 Å². The summed E-state index contributed by atoms with van der Waals surface area (Å²) in [6, 6.07) is 5.74. The molecule has 1 saturated carbocycles. The van der Waals surface area contributed by atoms with Crippen LogP contribution in [-0.4, -0.2) is 12.4 Å². The molecule has 1 fully saturated rings. The number of hydrogen-bond donors (Lipinski definition) is 0. The van der Waals surface area contributed by atoms with Gasteiger partial charge < -0.3 is 4.74 Å². The molecule has 0 radical (unpaired) electrons. The van der Waals surface area contributed by atoms with Crippen LogP contribution in [0.15, 0.2) is 24.3 Å². The van der Waals surface area contributed by atoms with Gasteiger partial charge in [-0.25, -0.2) is 0 Å². The molecule has 2 aliphatic rings. The second kappa shape index (κ2) is 3.48. The maximum Gasteiger partial charge on any atom is 0.159 e. The van der Waals surface area contributed by atoms with E-state index in [1.54, 1.807) is 6.92 Å². The lowest BCUT2D eigenvalue weighted by molar-refractivity contribution is 0.101. The fraction of sp³-hybridized carbons (Fsp3) is 0.357. The monoisotopic (exact) mass is 214 g/mol. The Labute approximate surface area is 94.9 Å². The van der Waals surface area contributed by atoms with E-state index in [-0.39, 0.29) is 5.78 Å². The van der Waals surface area contributed by atoms with Crippen molar-refractivity contribution in [1.29, 1.82) is 0 Å². The van der Waals surface area contributed by atoms with Crippen molar-refractivity contribution in [3.05, 3.63) is 35.4 Å². The largest absolute Gasteiger partial charge is 0.489 e. The van der Waals surface area contributed by atoms with E-state index in [4.69, 9.17) is 4.74 Å². The zero-order chi connectivity index (χ0) is 11.1. The van der Waals surface area contributed by atoms with Crippen LogP contribution in [0.1, 0.15) is 35.7 Å². The van der Waals surface area contributed by atoms with Crippen LogP contribution in [0.25, 0.3) is 5.57 Å². The van der Waals surface area contributed by atoms with Crippen LogP contribution >= 0.6 is 0 Å². The molecule has 82 valence electrons. The van der Waals surface area contributed by atoms with Crippen LogP contribution in [0.4, 0.5) is 0 Å². The molecule has 1 aliphatic heterocycles. The number of carbonyl (C=O) groups is 1. The minimum atomic E-state index is 0.114. The first-order chi connectivity index (χ1) is 7.75. The molecule has 0 aromatic heterocycles. The summed E-state index contributed by atoms with van der Waals surface area (Å²) in [6.45, 7) is 2.27. The van der Waals surface area contributed by atoms with E-state index in [0.29, 0.717) is 12.5 Å². The van der Waals surface area contributed by atoms with Gasteiger partial charge in [-0.2, -0.15) is 0 Å². The van der Waals surface area contributed by atoms with Gasteiger partial charge in [0.05, 0.1) is 0 Å². The molecule has 2 heteroatoms. The molecule has 0 atom stereocenters. The summed E-state index contributed by atoms with van der Waals surface area (Å²) >= 11 is 0. The van der Waals surface area contributed by atoms with Crippen molar-refractivity contribution in [2.24, 2.45) is 5.92 Å². The summed E-state index contributed by atoms with van der Waals surface area (Å²) in [7, 11) is 0. The number of ketones is 1. The van der Waals surface area contributed by atoms with E-state index in [9.17, 15) is 4.79 Å². The summed E-state index contributed by atoms with van der Waals surface area (Å²) in [6.07, 6.45) is 4.70. The average molecular weight is 214 g/mol. The van der Waals surface area contributed by atoms with Crippen LogP contribution in [-0.2, 0) is 0 Å². The van der Waals surface area contributed by atoms with E-state index in [2.05, 4.69) is 6.08 Å². The molecule has 3 rings (SSSR count). The quantitative estimate of drug-likeness (QED) is 0.707. The van der Waals surface area contributed by atoms with Gasteiger partial charge in [0.1, 0.15) is 12.4 Å². The van der Waals surface area contributed by atoms with Crippen molar-refractivity contribution in [2.75, 3.05) is 6.61 Å². The lowest BCUT2D eigenvalue weighted by Gasteiger charge is -2.19. The van der Waals surface area contributed by atoms with Crippen LogP contribution in [0, 0.1) is 5.92 Å². The minimum Gasteiger partial charge on any atom is -0.489 e. The summed E-state index contributed by atoms with van der Waals surface area (Å²) < 4.78 is 5.58.